The Kier molecular flexibility index (Phi) is 8.25. The van der Waals surface area contributed by atoms with Crippen LogP contribution in [0.3, 0.4) is 0 Å². The Bertz CT molecular complexity index is 1480. The summed E-state index contributed by atoms with van der Waals surface area (Å²) in [4.78, 5) is 45.0. The van der Waals surface area contributed by atoms with Crippen molar-refractivity contribution >= 4 is 39.9 Å². The Labute approximate surface area is 229 Å². The van der Waals surface area contributed by atoms with Gasteiger partial charge < -0.3 is 14.6 Å². The maximum absolute atomic E-state index is 13.8. The molecule has 8 nitrogen and oxygen atoms in total. The van der Waals surface area contributed by atoms with Crippen molar-refractivity contribution in [1.82, 2.24) is 4.98 Å². The van der Waals surface area contributed by atoms with Gasteiger partial charge in [0, 0.05) is 5.56 Å². The zero-order chi connectivity index (χ0) is 28.3. The first-order chi connectivity index (χ1) is 18.7. The highest BCUT2D eigenvalue weighted by Crippen LogP contribution is 2.44. The van der Waals surface area contributed by atoms with Crippen molar-refractivity contribution in [2.24, 2.45) is 0 Å². The summed E-state index contributed by atoms with van der Waals surface area (Å²) in [6.07, 6.45) is 2.25. The van der Waals surface area contributed by atoms with E-state index in [1.165, 1.54) is 30.3 Å². The van der Waals surface area contributed by atoms with Gasteiger partial charge >= 0.3 is 11.9 Å². The average molecular weight is 551 g/mol. The number of carbonyl (C=O) groups excluding carboxylic acids is 3. The Balaban J connectivity index is 1.85. The summed E-state index contributed by atoms with van der Waals surface area (Å²) >= 11 is 0.883. The van der Waals surface area contributed by atoms with Crippen LogP contribution >= 0.6 is 11.3 Å². The molecule has 0 unspecified atom stereocenters. The number of ketones is 1. The van der Waals surface area contributed by atoms with Gasteiger partial charge in [0.25, 0.3) is 5.78 Å². The number of carbonyl (C=O) groups is 3. The van der Waals surface area contributed by atoms with Gasteiger partial charge in [0.1, 0.15) is 28.8 Å². The highest BCUT2D eigenvalue weighted by atomic mass is 32.1. The molecule has 1 atom stereocenters. The normalized spacial score (nSPS) is 16.4. The number of aryl methyl sites for hydroxylation is 2. The van der Waals surface area contributed by atoms with Crippen molar-refractivity contribution in [3.05, 3.63) is 93.8 Å². The van der Waals surface area contributed by atoms with Gasteiger partial charge in [0.05, 0.1) is 23.9 Å². The average Bonchev–Trinajstić information content (AvgIpc) is 3.42. The van der Waals surface area contributed by atoms with Crippen LogP contribution in [0.5, 0.6) is 5.75 Å². The van der Waals surface area contributed by atoms with Crippen molar-refractivity contribution in [3.8, 4) is 5.75 Å². The minimum Gasteiger partial charge on any atom is -0.507 e. The van der Waals surface area contributed by atoms with Gasteiger partial charge in [0.15, 0.2) is 5.13 Å². The van der Waals surface area contributed by atoms with Crippen LogP contribution < -0.4 is 9.64 Å². The summed E-state index contributed by atoms with van der Waals surface area (Å²) in [5, 5.41) is 11.5. The molecule has 39 heavy (non-hydrogen) atoms. The van der Waals surface area contributed by atoms with Crippen molar-refractivity contribution in [2.45, 2.75) is 33.2 Å². The standard InChI is InChI=1S/C29H27FN2O6S/c1-5-13-37-20-11-12-21(16(3)15-20)24(33)22-23(18-7-9-19(30)10-8-18)32(27(35)25(22)34)29-31-17(4)26(39-29)28(36)38-14-6-2/h6-12,15,23,33H,2,5,13-14H2,1,3-4H3/t23-/m0/s1. The van der Waals surface area contributed by atoms with Crippen LogP contribution in [0.25, 0.3) is 5.76 Å². The second kappa shape index (κ2) is 11.6. The number of esters is 1. The number of halogens is 1. The van der Waals surface area contributed by atoms with E-state index in [-0.39, 0.29) is 27.9 Å². The van der Waals surface area contributed by atoms with E-state index >= 15 is 0 Å². The molecular formula is C29H27FN2O6S. The second-order valence-electron chi connectivity index (χ2n) is 8.84. The fraction of sp³-hybridized carbons (Fsp3) is 0.241. The van der Waals surface area contributed by atoms with E-state index in [4.69, 9.17) is 9.47 Å². The zero-order valence-corrected chi connectivity index (χ0v) is 22.5. The van der Waals surface area contributed by atoms with E-state index in [1.54, 1.807) is 32.0 Å². The molecular weight excluding hydrogens is 523 g/mol. The maximum Gasteiger partial charge on any atom is 0.350 e. The zero-order valence-electron chi connectivity index (χ0n) is 21.7. The third-order valence-corrected chi connectivity index (χ3v) is 7.20. The van der Waals surface area contributed by atoms with Gasteiger partial charge in [-0.25, -0.2) is 14.2 Å². The molecule has 1 fully saturated rings. The summed E-state index contributed by atoms with van der Waals surface area (Å²) < 4.78 is 24.6. The van der Waals surface area contributed by atoms with Crippen molar-refractivity contribution in [3.63, 3.8) is 0 Å². The molecule has 2 aromatic carbocycles. The summed E-state index contributed by atoms with van der Waals surface area (Å²) in [6.45, 7) is 9.35. The highest BCUT2D eigenvalue weighted by Gasteiger charge is 2.48. The lowest BCUT2D eigenvalue weighted by atomic mass is 9.94. The number of aliphatic hydroxyl groups is 1. The summed E-state index contributed by atoms with van der Waals surface area (Å²) in [5.74, 6) is -2.81. The fourth-order valence-corrected chi connectivity index (χ4v) is 5.21. The number of nitrogens with zero attached hydrogens (tertiary/aromatic N) is 2. The summed E-state index contributed by atoms with van der Waals surface area (Å²) in [5.41, 5.74) is 1.47. The predicted octanol–water partition coefficient (Wildman–Crippen LogP) is 5.66. The van der Waals surface area contributed by atoms with E-state index in [0.717, 1.165) is 22.7 Å². The van der Waals surface area contributed by atoms with Crippen molar-refractivity contribution in [1.29, 1.82) is 0 Å². The Morgan fingerprint density at radius 2 is 1.92 bits per heavy atom. The first-order valence-corrected chi connectivity index (χ1v) is 13.0. The molecule has 2 heterocycles. The van der Waals surface area contributed by atoms with Crippen LogP contribution in [-0.2, 0) is 14.3 Å². The molecule has 1 aliphatic heterocycles. The van der Waals surface area contributed by atoms with Crippen LogP contribution in [0.4, 0.5) is 9.52 Å². The molecule has 1 N–H and O–H groups in total. The molecule has 1 amide bonds. The minimum atomic E-state index is -1.12. The molecule has 0 saturated carbocycles. The quantitative estimate of drug-likeness (QED) is 0.121. The number of hydrogen-bond acceptors (Lipinski definition) is 8. The van der Waals surface area contributed by atoms with Gasteiger partial charge in [0.2, 0.25) is 0 Å². The molecule has 202 valence electrons. The number of aliphatic hydroxyl groups excluding tert-OH is 1. The third kappa shape index (κ3) is 5.46. The Hall–Kier alpha value is -4.31. The van der Waals surface area contributed by atoms with Crippen LogP contribution in [0.2, 0.25) is 0 Å². The van der Waals surface area contributed by atoms with E-state index in [2.05, 4.69) is 11.6 Å². The molecule has 1 aromatic heterocycles. The molecule has 1 aliphatic rings. The number of aromatic nitrogens is 1. The first kappa shape index (κ1) is 27.7. The predicted molar refractivity (Wildman–Crippen MR) is 145 cm³/mol. The SMILES string of the molecule is C=CCOC(=O)c1sc(N2C(=O)C(=O)C(=C(O)c3ccc(OCCC)cc3C)[C@@H]2c2ccc(F)cc2)nc1C. The summed E-state index contributed by atoms with van der Waals surface area (Å²) in [7, 11) is 0. The van der Waals surface area contributed by atoms with Gasteiger partial charge in [-0.2, -0.15) is 0 Å². The van der Waals surface area contributed by atoms with Gasteiger partial charge in [-0.15, -0.1) is 0 Å². The number of anilines is 1. The van der Waals surface area contributed by atoms with Crippen LogP contribution in [-0.4, -0.2) is 41.0 Å². The lowest BCUT2D eigenvalue weighted by molar-refractivity contribution is -0.132. The van der Waals surface area contributed by atoms with E-state index < -0.39 is 29.5 Å². The smallest absolute Gasteiger partial charge is 0.350 e. The van der Waals surface area contributed by atoms with Crippen molar-refractivity contribution in [2.75, 3.05) is 18.1 Å². The number of amides is 1. The highest BCUT2D eigenvalue weighted by molar-refractivity contribution is 7.17. The molecule has 0 radical (unpaired) electrons. The third-order valence-electron chi connectivity index (χ3n) is 6.07. The van der Waals surface area contributed by atoms with Gasteiger partial charge in [-0.05, 0) is 61.7 Å². The molecule has 3 aromatic rings. The van der Waals surface area contributed by atoms with Gasteiger partial charge in [-0.1, -0.05) is 43.0 Å². The fourth-order valence-electron chi connectivity index (χ4n) is 4.22. The Morgan fingerprint density at radius 1 is 1.21 bits per heavy atom. The lowest BCUT2D eigenvalue weighted by Gasteiger charge is -2.23. The van der Waals surface area contributed by atoms with E-state index in [1.807, 2.05) is 6.92 Å². The largest absolute Gasteiger partial charge is 0.507 e. The number of ether oxygens (including phenoxy) is 2. The number of thiazole rings is 1. The molecule has 0 aliphatic carbocycles. The Morgan fingerprint density at radius 3 is 2.56 bits per heavy atom. The first-order valence-electron chi connectivity index (χ1n) is 12.2. The van der Waals surface area contributed by atoms with Crippen molar-refractivity contribution < 1.29 is 33.4 Å². The van der Waals surface area contributed by atoms with Crippen LogP contribution in [0.15, 0.2) is 60.7 Å². The molecule has 4 rings (SSSR count). The van der Waals surface area contributed by atoms with Crippen LogP contribution in [0, 0.1) is 19.7 Å². The number of rotatable bonds is 9. The van der Waals surface area contributed by atoms with E-state index in [0.29, 0.717) is 34.7 Å². The van der Waals surface area contributed by atoms with E-state index in [9.17, 15) is 23.9 Å². The molecule has 10 heteroatoms. The molecule has 0 spiro atoms. The maximum atomic E-state index is 13.8. The monoisotopic (exact) mass is 550 g/mol. The second-order valence-corrected chi connectivity index (χ2v) is 9.82. The van der Waals surface area contributed by atoms with Gasteiger partial charge in [-0.3, -0.25) is 14.5 Å². The molecule has 1 saturated heterocycles. The number of Topliss-reactive ketones (excluding diaryl/α,β-unsaturated/α-hetero) is 1. The lowest BCUT2D eigenvalue weighted by Crippen LogP contribution is -2.29. The number of benzene rings is 2. The minimum absolute atomic E-state index is 0.00672. The number of hydrogen-bond donors (Lipinski definition) is 1. The van der Waals surface area contributed by atoms with Crippen LogP contribution in [0.1, 0.15) is 51.4 Å². The molecule has 0 bridgehead atoms. The topological polar surface area (TPSA) is 106 Å². The summed E-state index contributed by atoms with van der Waals surface area (Å²) in [6, 6.07) is 9.17.